The van der Waals surface area contributed by atoms with Gasteiger partial charge in [-0.3, -0.25) is 0 Å². The van der Waals surface area contributed by atoms with Crippen molar-refractivity contribution in [3.63, 3.8) is 0 Å². The SMILES string of the molecule is CCC(CC1CC1)NC1CCC(C(C)C)CC1. The van der Waals surface area contributed by atoms with Crippen LogP contribution in [0.25, 0.3) is 0 Å². The molecular weight excluding hydrogens is 206 g/mol. The fourth-order valence-electron chi connectivity index (χ4n) is 3.39. The van der Waals surface area contributed by atoms with Gasteiger partial charge in [0.1, 0.15) is 0 Å². The molecule has 2 rings (SSSR count). The largest absolute Gasteiger partial charge is 0.311 e. The molecule has 0 amide bonds. The minimum Gasteiger partial charge on any atom is -0.311 e. The summed E-state index contributed by atoms with van der Waals surface area (Å²) in [6.07, 6.45) is 11.5. The van der Waals surface area contributed by atoms with Crippen molar-refractivity contribution in [2.45, 2.75) is 84.2 Å². The van der Waals surface area contributed by atoms with E-state index in [0.29, 0.717) is 0 Å². The fourth-order valence-corrected chi connectivity index (χ4v) is 3.39. The molecule has 0 radical (unpaired) electrons. The molecule has 0 aromatic heterocycles. The molecule has 17 heavy (non-hydrogen) atoms. The minimum absolute atomic E-state index is 0.808. The lowest BCUT2D eigenvalue weighted by atomic mass is 9.79. The first-order valence-corrected chi connectivity index (χ1v) is 7.95. The van der Waals surface area contributed by atoms with Gasteiger partial charge in [0, 0.05) is 12.1 Å². The number of rotatable bonds is 6. The summed E-state index contributed by atoms with van der Waals surface area (Å²) in [5, 5.41) is 3.94. The highest BCUT2D eigenvalue weighted by Crippen LogP contribution is 2.35. The van der Waals surface area contributed by atoms with Crippen molar-refractivity contribution in [3.8, 4) is 0 Å². The van der Waals surface area contributed by atoms with Crippen molar-refractivity contribution in [2.75, 3.05) is 0 Å². The van der Waals surface area contributed by atoms with Crippen LogP contribution in [-0.4, -0.2) is 12.1 Å². The second-order valence-electron chi connectivity index (χ2n) is 6.81. The number of hydrogen-bond donors (Lipinski definition) is 1. The van der Waals surface area contributed by atoms with Crippen molar-refractivity contribution in [2.24, 2.45) is 17.8 Å². The van der Waals surface area contributed by atoms with Crippen LogP contribution in [0.15, 0.2) is 0 Å². The maximum atomic E-state index is 3.94. The molecule has 2 aliphatic carbocycles. The average molecular weight is 237 g/mol. The number of hydrogen-bond acceptors (Lipinski definition) is 1. The Balaban J connectivity index is 1.68. The Morgan fingerprint density at radius 2 is 1.65 bits per heavy atom. The van der Waals surface area contributed by atoms with Crippen LogP contribution in [0.2, 0.25) is 0 Å². The lowest BCUT2D eigenvalue weighted by Crippen LogP contribution is -2.41. The van der Waals surface area contributed by atoms with E-state index in [1.807, 2.05) is 0 Å². The van der Waals surface area contributed by atoms with Crippen molar-refractivity contribution in [1.82, 2.24) is 5.32 Å². The van der Waals surface area contributed by atoms with E-state index >= 15 is 0 Å². The van der Waals surface area contributed by atoms with Gasteiger partial charge in [-0.1, -0.05) is 33.6 Å². The first-order valence-electron chi connectivity index (χ1n) is 7.95. The highest BCUT2D eigenvalue weighted by molar-refractivity contribution is 4.84. The van der Waals surface area contributed by atoms with E-state index in [-0.39, 0.29) is 0 Å². The van der Waals surface area contributed by atoms with Gasteiger partial charge in [-0.15, -0.1) is 0 Å². The normalized spacial score (nSPS) is 31.8. The van der Waals surface area contributed by atoms with Crippen LogP contribution in [-0.2, 0) is 0 Å². The van der Waals surface area contributed by atoms with Crippen molar-refractivity contribution < 1.29 is 0 Å². The Labute approximate surface area is 108 Å². The maximum absolute atomic E-state index is 3.94. The quantitative estimate of drug-likeness (QED) is 0.723. The van der Waals surface area contributed by atoms with Gasteiger partial charge in [-0.25, -0.2) is 0 Å². The molecule has 0 aromatic carbocycles. The van der Waals surface area contributed by atoms with Crippen LogP contribution < -0.4 is 5.32 Å². The molecule has 0 aromatic rings. The summed E-state index contributed by atoms with van der Waals surface area (Å²) in [4.78, 5) is 0. The Hall–Kier alpha value is -0.0400. The monoisotopic (exact) mass is 237 g/mol. The van der Waals surface area contributed by atoms with Crippen molar-refractivity contribution in [1.29, 1.82) is 0 Å². The van der Waals surface area contributed by atoms with E-state index in [4.69, 9.17) is 0 Å². The molecule has 1 nitrogen and oxygen atoms in total. The molecule has 0 saturated heterocycles. The molecule has 0 aliphatic heterocycles. The molecule has 1 atom stereocenters. The van der Waals surface area contributed by atoms with Crippen LogP contribution in [0.4, 0.5) is 0 Å². The summed E-state index contributed by atoms with van der Waals surface area (Å²) in [5.74, 6) is 2.96. The van der Waals surface area contributed by atoms with Crippen molar-refractivity contribution >= 4 is 0 Å². The van der Waals surface area contributed by atoms with Gasteiger partial charge in [0.15, 0.2) is 0 Å². The van der Waals surface area contributed by atoms with Gasteiger partial charge >= 0.3 is 0 Å². The zero-order valence-electron chi connectivity index (χ0n) is 12.0. The Morgan fingerprint density at radius 1 is 1.00 bits per heavy atom. The van der Waals surface area contributed by atoms with Crippen LogP contribution in [0.3, 0.4) is 0 Å². The third-order valence-corrected chi connectivity index (χ3v) is 4.99. The van der Waals surface area contributed by atoms with Crippen LogP contribution in [0, 0.1) is 17.8 Å². The second kappa shape index (κ2) is 6.22. The van der Waals surface area contributed by atoms with Gasteiger partial charge in [-0.05, 0) is 56.3 Å². The molecular formula is C16H31N. The first-order chi connectivity index (χ1) is 8.19. The molecule has 1 heteroatoms. The third-order valence-electron chi connectivity index (χ3n) is 4.99. The van der Waals surface area contributed by atoms with E-state index in [1.165, 1.54) is 51.4 Å². The van der Waals surface area contributed by atoms with Crippen LogP contribution in [0.5, 0.6) is 0 Å². The van der Waals surface area contributed by atoms with Gasteiger partial charge in [-0.2, -0.15) is 0 Å². The lowest BCUT2D eigenvalue weighted by molar-refractivity contribution is 0.223. The zero-order valence-corrected chi connectivity index (χ0v) is 12.0. The standard InChI is InChI=1S/C16H31N/c1-4-15(11-13-5-6-13)17-16-9-7-14(8-10-16)12(2)3/h12-17H,4-11H2,1-3H3. The number of nitrogens with one attached hydrogen (secondary N) is 1. The summed E-state index contributed by atoms with van der Waals surface area (Å²) >= 11 is 0. The van der Waals surface area contributed by atoms with E-state index in [9.17, 15) is 0 Å². The van der Waals surface area contributed by atoms with Gasteiger partial charge < -0.3 is 5.32 Å². The zero-order chi connectivity index (χ0) is 12.3. The minimum atomic E-state index is 0.808. The third kappa shape index (κ3) is 4.28. The van der Waals surface area contributed by atoms with Gasteiger partial charge in [0.2, 0.25) is 0 Å². The Bertz CT molecular complexity index is 212. The Morgan fingerprint density at radius 3 is 2.12 bits per heavy atom. The molecule has 0 heterocycles. The van der Waals surface area contributed by atoms with E-state index in [0.717, 1.165) is 29.8 Å². The van der Waals surface area contributed by atoms with E-state index in [1.54, 1.807) is 0 Å². The Kier molecular flexibility index (Phi) is 4.90. The molecule has 1 unspecified atom stereocenters. The molecule has 2 aliphatic rings. The fraction of sp³-hybridized carbons (Fsp3) is 1.00. The van der Waals surface area contributed by atoms with Gasteiger partial charge in [0.05, 0.1) is 0 Å². The highest BCUT2D eigenvalue weighted by atomic mass is 15.0. The highest BCUT2D eigenvalue weighted by Gasteiger charge is 2.28. The van der Waals surface area contributed by atoms with Crippen LogP contribution >= 0.6 is 0 Å². The molecule has 0 spiro atoms. The summed E-state index contributed by atoms with van der Waals surface area (Å²) in [5.41, 5.74) is 0. The molecule has 1 N–H and O–H groups in total. The maximum Gasteiger partial charge on any atom is 0.00698 e. The van der Waals surface area contributed by atoms with Crippen LogP contribution in [0.1, 0.15) is 72.1 Å². The molecule has 2 fully saturated rings. The van der Waals surface area contributed by atoms with E-state index in [2.05, 4.69) is 26.1 Å². The summed E-state index contributed by atoms with van der Waals surface area (Å²) < 4.78 is 0. The second-order valence-corrected chi connectivity index (χ2v) is 6.81. The predicted molar refractivity (Wildman–Crippen MR) is 75.1 cm³/mol. The molecule has 100 valence electrons. The molecule has 0 bridgehead atoms. The smallest absolute Gasteiger partial charge is 0.00698 e. The lowest BCUT2D eigenvalue weighted by Gasteiger charge is -2.33. The summed E-state index contributed by atoms with van der Waals surface area (Å²) in [6, 6.07) is 1.64. The van der Waals surface area contributed by atoms with Crippen molar-refractivity contribution in [3.05, 3.63) is 0 Å². The van der Waals surface area contributed by atoms with E-state index < -0.39 is 0 Å². The first kappa shape index (κ1) is 13.4. The summed E-state index contributed by atoms with van der Waals surface area (Å²) in [7, 11) is 0. The van der Waals surface area contributed by atoms with Gasteiger partial charge in [0.25, 0.3) is 0 Å². The molecule has 2 saturated carbocycles. The summed E-state index contributed by atoms with van der Waals surface area (Å²) in [6.45, 7) is 7.13. The predicted octanol–water partition coefficient (Wildman–Crippen LogP) is 4.37. The topological polar surface area (TPSA) is 12.0 Å². The average Bonchev–Trinajstić information content (AvgIpc) is 3.13.